The standard InChI is InChI=1S/C48H44N6O4/c1-31-22-36(12-15-42(31)34(4)53-21-16-40(27-47(53)55)57-29-45-49-17-6-18-50-45)11-14-39-26-44(39)43-25-38(43)13-10-35-8-5-9-37(24-35)33(3)54-32(2)23-41(28-48(54)56)58-30-46-51-19-7-20-52-46/h5-9,12,15-24,27-28,33-34,38-39,43-44H,25-26,29-30H2,1-4H3/t33-,34-,38?,39?,43?,44?/m1/s1. The Bertz CT molecular complexity index is 2690. The minimum Gasteiger partial charge on any atom is -0.485 e. The number of hydrogen-bond acceptors (Lipinski definition) is 8. The van der Waals surface area contributed by atoms with E-state index in [0.717, 1.165) is 46.4 Å². The molecule has 4 aromatic heterocycles. The Kier molecular flexibility index (Phi) is 11.0. The second-order valence-electron chi connectivity index (χ2n) is 15.2. The molecule has 0 radical (unpaired) electrons. The molecular formula is C48H44N6O4. The normalized spacial score (nSPS) is 18.8. The van der Waals surface area contributed by atoms with Crippen LogP contribution in [0.4, 0.5) is 0 Å². The van der Waals surface area contributed by atoms with E-state index in [2.05, 4.69) is 74.8 Å². The van der Waals surface area contributed by atoms with Crippen LogP contribution in [-0.2, 0) is 13.2 Å². The minimum atomic E-state index is -0.173. The van der Waals surface area contributed by atoms with Crippen LogP contribution in [-0.4, -0.2) is 29.1 Å². The van der Waals surface area contributed by atoms with E-state index < -0.39 is 0 Å². The van der Waals surface area contributed by atoms with Gasteiger partial charge in [0.15, 0.2) is 11.6 Å². The smallest absolute Gasteiger partial charge is 0.254 e. The topological polar surface area (TPSA) is 114 Å². The highest BCUT2D eigenvalue weighted by Gasteiger charge is 2.52. The lowest BCUT2D eigenvalue weighted by Gasteiger charge is -2.19. The maximum atomic E-state index is 13.2. The zero-order chi connectivity index (χ0) is 40.2. The summed E-state index contributed by atoms with van der Waals surface area (Å²) in [6.45, 7) is 8.44. The van der Waals surface area contributed by atoms with Gasteiger partial charge in [-0.2, -0.15) is 0 Å². The van der Waals surface area contributed by atoms with E-state index in [1.807, 2.05) is 45.0 Å². The molecule has 2 aliphatic carbocycles. The summed E-state index contributed by atoms with van der Waals surface area (Å²) in [6, 6.07) is 24.3. The van der Waals surface area contributed by atoms with Gasteiger partial charge in [-0.25, -0.2) is 19.9 Å². The SMILES string of the molecule is Cc1cc(C#CC2CC2C2CC2C#Cc2cccc([C@@H](C)n3c(C)cc(OCc4ncccn4)cc3=O)c2)ccc1[C@@H](C)n1ccc(OCc2ncccn2)cc1=O. The van der Waals surface area contributed by atoms with Crippen molar-refractivity contribution in [1.82, 2.24) is 29.1 Å². The van der Waals surface area contributed by atoms with Crippen molar-refractivity contribution in [1.29, 1.82) is 0 Å². The van der Waals surface area contributed by atoms with E-state index in [1.54, 1.807) is 58.3 Å². The van der Waals surface area contributed by atoms with Crippen LogP contribution < -0.4 is 20.6 Å². The summed E-state index contributed by atoms with van der Waals surface area (Å²) in [5.41, 5.74) is 5.67. The highest BCUT2D eigenvalue weighted by molar-refractivity contribution is 5.44. The minimum absolute atomic E-state index is 0.129. The molecule has 2 saturated carbocycles. The van der Waals surface area contributed by atoms with Crippen LogP contribution in [0.1, 0.15) is 83.9 Å². The Labute approximate surface area is 338 Å². The lowest BCUT2D eigenvalue weighted by Crippen LogP contribution is -2.25. The summed E-state index contributed by atoms with van der Waals surface area (Å²) < 4.78 is 15.0. The fraction of sp³-hybridized carbons (Fsp3) is 0.292. The number of aromatic nitrogens is 6. The molecule has 10 heteroatoms. The number of nitrogens with zero attached hydrogens (tertiary/aromatic N) is 6. The summed E-state index contributed by atoms with van der Waals surface area (Å²) in [5, 5.41) is 0. The lowest BCUT2D eigenvalue weighted by molar-refractivity contribution is 0.294. The zero-order valence-electron chi connectivity index (χ0n) is 33.0. The molecule has 0 aliphatic heterocycles. The number of ether oxygens (including phenoxy) is 2. The van der Waals surface area contributed by atoms with Gasteiger partial charge in [0.25, 0.3) is 11.1 Å². The molecule has 290 valence electrons. The van der Waals surface area contributed by atoms with Gasteiger partial charge in [-0.05, 0) is 118 Å². The van der Waals surface area contributed by atoms with Crippen molar-refractivity contribution in [3.05, 3.63) is 176 Å². The molecule has 8 rings (SSSR count). The van der Waals surface area contributed by atoms with E-state index in [4.69, 9.17) is 9.47 Å². The average molecular weight is 769 g/mol. The maximum Gasteiger partial charge on any atom is 0.254 e. The van der Waals surface area contributed by atoms with E-state index in [1.165, 1.54) is 12.1 Å². The van der Waals surface area contributed by atoms with Crippen molar-refractivity contribution in [2.45, 2.75) is 65.8 Å². The van der Waals surface area contributed by atoms with E-state index in [-0.39, 0.29) is 36.4 Å². The maximum absolute atomic E-state index is 13.2. The molecule has 6 atom stereocenters. The third-order valence-electron chi connectivity index (χ3n) is 11.1. The molecule has 0 bridgehead atoms. The molecule has 2 aliphatic rings. The number of hydrogen-bond donors (Lipinski definition) is 0. The molecule has 4 heterocycles. The predicted octanol–water partition coefficient (Wildman–Crippen LogP) is 7.26. The van der Waals surface area contributed by atoms with E-state index in [0.29, 0.717) is 46.8 Å². The molecular weight excluding hydrogens is 725 g/mol. The number of aryl methyl sites for hydroxylation is 2. The van der Waals surface area contributed by atoms with Crippen LogP contribution in [0.3, 0.4) is 0 Å². The largest absolute Gasteiger partial charge is 0.485 e. The fourth-order valence-corrected chi connectivity index (χ4v) is 7.70. The lowest BCUT2D eigenvalue weighted by atomic mass is 9.99. The summed E-state index contributed by atoms with van der Waals surface area (Å²) in [4.78, 5) is 42.9. The van der Waals surface area contributed by atoms with Gasteiger partial charge in [0, 0.05) is 71.8 Å². The summed E-state index contributed by atoms with van der Waals surface area (Å²) >= 11 is 0. The number of benzene rings is 2. The van der Waals surface area contributed by atoms with Gasteiger partial charge in [0.05, 0.1) is 12.1 Å². The Morgan fingerprint density at radius 1 is 0.672 bits per heavy atom. The molecule has 0 amide bonds. The quantitative estimate of drug-likeness (QED) is 0.127. The Morgan fingerprint density at radius 3 is 1.88 bits per heavy atom. The summed E-state index contributed by atoms with van der Waals surface area (Å²) in [7, 11) is 0. The second kappa shape index (κ2) is 16.8. The van der Waals surface area contributed by atoms with Crippen molar-refractivity contribution in [3.8, 4) is 35.2 Å². The molecule has 6 aromatic rings. The van der Waals surface area contributed by atoms with Crippen LogP contribution in [0.2, 0.25) is 0 Å². The van der Waals surface area contributed by atoms with Crippen molar-refractivity contribution >= 4 is 0 Å². The van der Waals surface area contributed by atoms with E-state index in [9.17, 15) is 9.59 Å². The van der Waals surface area contributed by atoms with Crippen LogP contribution in [0.15, 0.2) is 119 Å². The second-order valence-corrected chi connectivity index (χ2v) is 15.2. The first-order valence-electron chi connectivity index (χ1n) is 19.7. The number of pyridine rings is 2. The molecule has 58 heavy (non-hydrogen) atoms. The van der Waals surface area contributed by atoms with Crippen LogP contribution in [0.5, 0.6) is 11.5 Å². The third kappa shape index (κ3) is 8.93. The Hall–Kier alpha value is -6.78. The van der Waals surface area contributed by atoms with Crippen molar-refractivity contribution in [2.75, 3.05) is 0 Å². The van der Waals surface area contributed by atoms with Gasteiger partial charge < -0.3 is 18.6 Å². The molecule has 0 N–H and O–H groups in total. The fourth-order valence-electron chi connectivity index (χ4n) is 7.70. The molecule has 2 fully saturated rings. The third-order valence-corrected chi connectivity index (χ3v) is 11.1. The van der Waals surface area contributed by atoms with Crippen LogP contribution in [0, 0.1) is 61.2 Å². The zero-order valence-corrected chi connectivity index (χ0v) is 33.0. The van der Waals surface area contributed by atoms with Gasteiger partial charge in [0.1, 0.15) is 24.7 Å². The van der Waals surface area contributed by atoms with Crippen molar-refractivity contribution in [2.24, 2.45) is 23.7 Å². The first kappa shape index (κ1) is 38.1. The highest BCUT2D eigenvalue weighted by atomic mass is 16.5. The molecule has 4 unspecified atom stereocenters. The first-order valence-corrected chi connectivity index (χ1v) is 19.7. The van der Waals surface area contributed by atoms with Gasteiger partial charge >= 0.3 is 0 Å². The Balaban J connectivity index is 0.842. The summed E-state index contributed by atoms with van der Waals surface area (Å²) in [5.74, 6) is 18.0. The molecule has 0 spiro atoms. The molecule has 2 aromatic carbocycles. The summed E-state index contributed by atoms with van der Waals surface area (Å²) in [6.07, 6.45) is 10.7. The van der Waals surface area contributed by atoms with E-state index >= 15 is 0 Å². The van der Waals surface area contributed by atoms with Gasteiger partial charge in [-0.3, -0.25) is 9.59 Å². The van der Waals surface area contributed by atoms with Gasteiger partial charge in [-0.1, -0.05) is 41.9 Å². The van der Waals surface area contributed by atoms with Crippen LogP contribution >= 0.6 is 0 Å². The van der Waals surface area contributed by atoms with Crippen molar-refractivity contribution < 1.29 is 9.47 Å². The predicted molar refractivity (Wildman–Crippen MR) is 221 cm³/mol. The average Bonchev–Trinajstić information content (AvgIpc) is 4.17. The monoisotopic (exact) mass is 768 g/mol. The molecule has 0 saturated heterocycles. The van der Waals surface area contributed by atoms with Gasteiger partial charge in [-0.15, -0.1) is 0 Å². The van der Waals surface area contributed by atoms with Crippen LogP contribution in [0.25, 0.3) is 0 Å². The van der Waals surface area contributed by atoms with Gasteiger partial charge in [0.2, 0.25) is 0 Å². The number of rotatable bonds is 11. The van der Waals surface area contributed by atoms with Crippen molar-refractivity contribution in [3.63, 3.8) is 0 Å². The highest BCUT2D eigenvalue weighted by Crippen LogP contribution is 2.57. The Morgan fingerprint density at radius 2 is 1.28 bits per heavy atom. The molecule has 10 nitrogen and oxygen atoms in total. The first-order chi connectivity index (χ1) is 28.2.